The van der Waals surface area contributed by atoms with E-state index in [1.54, 1.807) is 6.07 Å². The second kappa shape index (κ2) is 6.30. The van der Waals surface area contributed by atoms with Crippen LogP contribution in [0.15, 0.2) is 54.6 Å². The first-order valence-corrected chi connectivity index (χ1v) is 7.95. The van der Waals surface area contributed by atoms with E-state index < -0.39 is 17.3 Å². The van der Waals surface area contributed by atoms with Crippen molar-refractivity contribution in [2.45, 2.75) is 37.4 Å². The predicted octanol–water partition coefficient (Wildman–Crippen LogP) is 5.14. The highest BCUT2D eigenvalue weighted by Crippen LogP contribution is 2.45. The molecule has 24 heavy (non-hydrogen) atoms. The molecule has 0 unspecified atom stereocenters. The highest BCUT2D eigenvalue weighted by Gasteiger charge is 2.42. The van der Waals surface area contributed by atoms with Gasteiger partial charge >= 0.3 is 6.18 Å². The van der Waals surface area contributed by atoms with Gasteiger partial charge in [0.1, 0.15) is 0 Å². The first-order chi connectivity index (χ1) is 11.5. The quantitative estimate of drug-likeness (QED) is 0.710. The largest absolute Gasteiger partial charge is 0.416 e. The Hall–Kier alpha value is -2.30. The molecule has 1 saturated carbocycles. The van der Waals surface area contributed by atoms with Crippen molar-refractivity contribution >= 4 is 12.1 Å². The molecule has 5 heteroatoms. The number of carbonyl (C=O) groups excluding carboxylic acids is 1. The van der Waals surface area contributed by atoms with E-state index in [-0.39, 0.29) is 5.69 Å². The van der Waals surface area contributed by atoms with Gasteiger partial charge in [-0.2, -0.15) is 13.2 Å². The van der Waals surface area contributed by atoms with Gasteiger partial charge in [0.15, 0.2) is 0 Å². The number of nitrogens with zero attached hydrogens (tertiary/aromatic N) is 1. The van der Waals surface area contributed by atoms with Crippen molar-refractivity contribution in [3.8, 4) is 0 Å². The summed E-state index contributed by atoms with van der Waals surface area (Å²) in [5, 5.41) is 0. The normalized spacial score (nSPS) is 16.8. The van der Waals surface area contributed by atoms with Gasteiger partial charge in [-0.25, -0.2) is 0 Å². The summed E-state index contributed by atoms with van der Waals surface area (Å²) >= 11 is 0. The number of hydrogen-bond donors (Lipinski definition) is 0. The Bertz CT molecular complexity index is 706. The number of rotatable bonds is 4. The molecule has 2 nitrogen and oxygen atoms in total. The summed E-state index contributed by atoms with van der Waals surface area (Å²) in [5.41, 5.74) is -0.0709. The van der Waals surface area contributed by atoms with Crippen molar-refractivity contribution in [2.24, 2.45) is 0 Å². The molecule has 0 atom stereocenters. The summed E-state index contributed by atoms with van der Waals surface area (Å²) in [5.74, 6) is 0. The van der Waals surface area contributed by atoms with Gasteiger partial charge < -0.3 is 4.90 Å². The molecule has 2 aromatic rings. The monoisotopic (exact) mass is 333 g/mol. The Morgan fingerprint density at radius 1 is 0.958 bits per heavy atom. The van der Waals surface area contributed by atoms with Crippen molar-refractivity contribution in [2.75, 3.05) is 4.90 Å². The van der Waals surface area contributed by atoms with Gasteiger partial charge in [-0.15, -0.1) is 0 Å². The van der Waals surface area contributed by atoms with Gasteiger partial charge in [0, 0.05) is 5.69 Å². The summed E-state index contributed by atoms with van der Waals surface area (Å²) in [4.78, 5) is 13.4. The van der Waals surface area contributed by atoms with Crippen LogP contribution in [-0.2, 0) is 16.5 Å². The van der Waals surface area contributed by atoms with Gasteiger partial charge in [0.2, 0.25) is 6.41 Å². The molecule has 126 valence electrons. The van der Waals surface area contributed by atoms with Crippen LogP contribution in [0.1, 0.15) is 36.8 Å². The topological polar surface area (TPSA) is 20.3 Å². The third-order valence-electron chi connectivity index (χ3n) is 4.76. The summed E-state index contributed by atoms with van der Waals surface area (Å²) < 4.78 is 39.1. The van der Waals surface area contributed by atoms with Gasteiger partial charge in [-0.05, 0) is 36.6 Å². The van der Waals surface area contributed by atoms with Crippen LogP contribution in [0.5, 0.6) is 0 Å². The average molecular weight is 333 g/mol. The van der Waals surface area contributed by atoms with Crippen molar-refractivity contribution in [3.63, 3.8) is 0 Å². The van der Waals surface area contributed by atoms with E-state index >= 15 is 0 Å². The van der Waals surface area contributed by atoms with E-state index in [2.05, 4.69) is 0 Å². The third kappa shape index (κ3) is 2.90. The van der Waals surface area contributed by atoms with Crippen LogP contribution in [0.3, 0.4) is 0 Å². The zero-order valence-electron chi connectivity index (χ0n) is 13.1. The fourth-order valence-electron chi connectivity index (χ4n) is 3.62. The van der Waals surface area contributed by atoms with Gasteiger partial charge in [-0.1, -0.05) is 49.2 Å². The van der Waals surface area contributed by atoms with E-state index in [9.17, 15) is 18.0 Å². The molecule has 0 saturated heterocycles. The molecule has 1 amide bonds. The number of halogens is 3. The standard InChI is InChI=1S/C19H18F3NO/c20-19(21,22)16-9-6-10-17(13-16)23(14-24)18(11-4-5-12-18)15-7-2-1-3-8-15/h1-3,6-10,13-14H,4-5,11-12H2. The fraction of sp³-hybridized carbons (Fsp3) is 0.316. The van der Waals surface area contributed by atoms with E-state index in [0.29, 0.717) is 6.41 Å². The first-order valence-electron chi connectivity index (χ1n) is 7.95. The molecular weight excluding hydrogens is 315 g/mol. The maximum atomic E-state index is 13.0. The van der Waals surface area contributed by atoms with Gasteiger partial charge in [0.05, 0.1) is 11.1 Å². The lowest BCUT2D eigenvalue weighted by atomic mass is 9.86. The number of benzene rings is 2. The molecule has 0 aliphatic heterocycles. The van der Waals surface area contributed by atoms with Crippen LogP contribution in [0, 0.1) is 0 Å². The highest BCUT2D eigenvalue weighted by atomic mass is 19.4. The Labute approximate surface area is 138 Å². The van der Waals surface area contributed by atoms with E-state index in [4.69, 9.17) is 0 Å². The minimum absolute atomic E-state index is 0.283. The molecule has 0 bridgehead atoms. The number of anilines is 1. The molecule has 0 aromatic heterocycles. The van der Waals surface area contributed by atoms with Crippen LogP contribution in [0.25, 0.3) is 0 Å². The maximum absolute atomic E-state index is 13.0. The zero-order chi connectivity index (χ0) is 17.2. The lowest BCUT2D eigenvalue weighted by Gasteiger charge is -2.39. The smallest absolute Gasteiger partial charge is 0.305 e. The molecule has 0 radical (unpaired) electrons. The molecule has 2 aromatic carbocycles. The Morgan fingerprint density at radius 3 is 2.21 bits per heavy atom. The molecule has 3 rings (SSSR count). The second-order valence-electron chi connectivity index (χ2n) is 6.13. The summed E-state index contributed by atoms with van der Waals surface area (Å²) in [6, 6.07) is 14.5. The lowest BCUT2D eigenvalue weighted by molar-refractivity contribution is -0.137. The molecule has 1 aliphatic carbocycles. The van der Waals surface area contributed by atoms with E-state index in [1.165, 1.54) is 11.0 Å². The first kappa shape index (κ1) is 16.6. The average Bonchev–Trinajstić information content (AvgIpc) is 3.07. The summed E-state index contributed by atoms with van der Waals surface area (Å²) in [6.45, 7) is 0. The molecular formula is C19H18F3NO. The summed E-state index contributed by atoms with van der Waals surface area (Å²) in [6.07, 6.45) is -0.400. The van der Waals surface area contributed by atoms with Crippen LogP contribution < -0.4 is 4.90 Å². The summed E-state index contributed by atoms with van der Waals surface area (Å²) in [7, 11) is 0. The minimum atomic E-state index is -4.43. The van der Waals surface area contributed by atoms with Crippen molar-refractivity contribution in [1.82, 2.24) is 0 Å². The van der Waals surface area contributed by atoms with E-state index in [0.717, 1.165) is 43.4 Å². The Morgan fingerprint density at radius 2 is 1.62 bits per heavy atom. The fourth-order valence-corrected chi connectivity index (χ4v) is 3.62. The molecule has 0 spiro atoms. The van der Waals surface area contributed by atoms with Crippen molar-refractivity contribution < 1.29 is 18.0 Å². The maximum Gasteiger partial charge on any atom is 0.416 e. The van der Waals surface area contributed by atoms with Gasteiger partial charge in [-0.3, -0.25) is 4.79 Å². The minimum Gasteiger partial charge on any atom is -0.305 e. The molecule has 0 N–H and O–H groups in total. The predicted molar refractivity (Wildman–Crippen MR) is 86.6 cm³/mol. The zero-order valence-corrected chi connectivity index (χ0v) is 13.1. The molecule has 1 aliphatic rings. The van der Waals surface area contributed by atoms with Crippen molar-refractivity contribution in [3.05, 3.63) is 65.7 Å². The van der Waals surface area contributed by atoms with Crippen LogP contribution in [-0.4, -0.2) is 6.41 Å². The Balaban J connectivity index is 2.08. The number of carbonyl (C=O) groups is 1. The van der Waals surface area contributed by atoms with Crippen LogP contribution in [0.2, 0.25) is 0 Å². The second-order valence-corrected chi connectivity index (χ2v) is 6.13. The number of hydrogen-bond acceptors (Lipinski definition) is 1. The SMILES string of the molecule is O=CN(c1cccc(C(F)(F)F)c1)C1(c2ccccc2)CCCC1. The van der Waals surface area contributed by atoms with E-state index in [1.807, 2.05) is 30.3 Å². The third-order valence-corrected chi connectivity index (χ3v) is 4.76. The van der Waals surface area contributed by atoms with Gasteiger partial charge in [0.25, 0.3) is 0 Å². The lowest BCUT2D eigenvalue weighted by Crippen LogP contribution is -2.43. The van der Waals surface area contributed by atoms with Crippen LogP contribution in [0.4, 0.5) is 18.9 Å². The number of alkyl halides is 3. The number of amides is 1. The molecule has 0 heterocycles. The highest BCUT2D eigenvalue weighted by molar-refractivity contribution is 5.78. The van der Waals surface area contributed by atoms with Crippen LogP contribution >= 0.6 is 0 Å². The Kier molecular flexibility index (Phi) is 4.35. The molecule has 1 fully saturated rings. The van der Waals surface area contributed by atoms with Crippen molar-refractivity contribution in [1.29, 1.82) is 0 Å².